The molecule has 0 saturated heterocycles. The highest BCUT2D eigenvalue weighted by Gasteiger charge is 2.16. The molecule has 0 aromatic heterocycles. The molecule has 30 heavy (non-hydrogen) atoms. The largest absolute Gasteiger partial charge is 0.444 e. The zero-order chi connectivity index (χ0) is 21.7. The summed E-state index contributed by atoms with van der Waals surface area (Å²) in [6.45, 7) is 14.9. The van der Waals surface area contributed by atoms with Crippen molar-refractivity contribution < 1.29 is 9.53 Å². The third kappa shape index (κ3) is 12.9. The van der Waals surface area contributed by atoms with Crippen LogP contribution >= 0.6 is 24.0 Å². The van der Waals surface area contributed by atoms with Crippen LogP contribution in [0.4, 0.5) is 10.5 Å². The molecule has 0 heterocycles. The van der Waals surface area contributed by atoms with E-state index in [9.17, 15) is 4.79 Å². The van der Waals surface area contributed by atoms with Crippen molar-refractivity contribution in [2.45, 2.75) is 53.1 Å². The van der Waals surface area contributed by atoms with Gasteiger partial charge in [0.1, 0.15) is 5.60 Å². The number of hydrogen-bond acceptors (Lipinski definition) is 4. The van der Waals surface area contributed by atoms with Gasteiger partial charge in [-0.2, -0.15) is 0 Å². The molecule has 1 amide bonds. The molecule has 0 radical (unpaired) electrons. The number of hydrogen-bond donors (Lipinski definition) is 3. The minimum Gasteiger partial charge on any atom is -0.444 e. The Kier molecular flexibility index (Phi) is 14.5. The van der Waals surface area contributed by atoms with Gasteiger partial charge in [0, 0.05) is 25.8 Å². The predicted molar refractivity (Wildman–Crippen MR) is 137 cm³/mol. The van der Waals surface area contributed by atoms with E-state index in [4.69, 9.17) is 4.74 Å². The summed E-state index contributed by atoms with van der Waals surface area (Å²) in [5.74, 6) is 0.827. The zero-order valence-corrected chi connectivity index (χ0v) is 21.7. The Labute approximate surface area is 199 Å². The van der Waals surface area contributed by atoms with E-state index in [0.29, 0.717) is 0 Å². The fourth-order valence-corrected chi connectivity index (χ4v) is 2.77. The Hall–Kier alpha value is -1.55. The van der Waals surface area contributed by atoms with Crippen molar-refractivity contribution in [2.24, 2.45) is 4.99 Å². The summed E-state index contributed by atoms with van der Waals surface area (Å²) in [6, 6.07) is 7.79. The maximum Gasteiger partial charge on any atom is 0.412 e. The predicted octanol–water partition coefficient (Wildman–Crippen LogP) is 4.09. The second kappa shape index (κ2) is 15.3. The number of halogens is 1. The van der Waals surface area contributed by atoms with Crippen LogP contribution in [0.3, 0.4) is 0 Å². The number of rotatable bonds is 10. The molecule has 1 aromatic rings. The van der Waals surface area contributed by atoms with E-state index in [1.54, 1.807) is 7.05 Å². The van der Waals surface area contributed by atoms with Gasteiger partial charge in [-0.1, -0.05) is 26.0 Å². The number of carbonyl (C=O) groups excluding carboxylic acids is 1. The lowest BCUT2D eigenvalue weighted by Crippen LogP contribution is -2.39. The molecule has 0 aliphatic rings. The molecular weight excluding hydrogens is 493 g/mol. The molecule has 172 valence electrons. The van der Waals surface area contributed by atoms with E-state index in [2.05, 4.69) is 39.7 Å². The summed E-state index contributed by atoms with van der Waals surface area (Å²) in [5, 5.41) is 9.45. The monoisotopic (exact) mass is 533 g/mol. The molecule has 8 heteroatoms. The molecule has 0 saturated carbocycles. The Morgan fingerprint density at radius 3 is 2.20 bits per heavy atom. The molecule has 1 aromatic carbocycles. The summed E-state index contributed by atoms with van der Waals surface area (Å²) in [7, 11) is 1.79. The molecule has 0 aliphatic carbocycles. The van der Waals surface area contributed by atoms with Crippen molar-refractivity contribution in [3.05, 3.63) is 29.8 Å². The van der Waals surface area contributed by atoms with E-state index >= 15 is 0 Å². The van der Waals surface area contributed by atoms with Gasteiger partial charge in [-0.05, 0) is 70.9 Å². The van der Waals surface area contributed by atoms with E-state index in [-0.39, 0.29) is 24.0 Å². The van der Waals surface area contributed by atoms with Gasteiger partial charge in [0.15, 0.2) is 5.96 Å². The first kappa shape index (κ1) is 28.5. The van der Waals surface area contributed by atoms with Crippen LogP contribution in [0.1, 0.15) is 46.6 Å². The minimum absolute atomic E-state index is 0. The Balaban J connectivity index is 0.00000841. The van der Waals surface area contributed by atoms with Gasteiger partial charge < -0.3 is 20.3 Å². The van der Waals surface area contributed by atoms with Gasteiger partial charge in [0.2, 0.25) is 0 Å². The summed E-state index contributed by atoms with van der Waals surface area (Å²) < 4.78 is 5.26. The molecule has 0 unspecified atom stereocenters. The topological polar surface area (TPSA) is 78.0 Å². The van der Waals surface area contributed by atoms with E-state index in [1.807, 2.05) is 45.0 Å². The highest BCUT2D eigenvalue weighted by atomic mass is 127. The van der Waals surface area contributed by atoms with Crippen molar-refractivity contribution in [1.29, 1.82) is 0 Å². The molecule has 0 aliphatic heterocycles. The van der Waals surface area contributed by atoms with Gasteiger partial charge in [-0.15, -0.1) is 24.0 Å². The van der Waals surface area contributed by atoms with Crippen LogP contribution in [-0.2, 0) is 11.2 Å². The van der Waals surface area contributed by atoms with Gasteiger partial charge in [-0.3, -0.25) is 10.3 Å². The van der Waals surface area contributed by atoms with E-state index in [1.165, 1.54) is 5.56 Å². The number of nitrogens with one attached hydrogen (secondary N) is 3. The number of guanidine groups is 1. The number of anilines is 1. The first-order valence-electron chi connectivity index (χ1n) is 10.5. The number of carbonyl (C=O) groups is 1. The standard InChI is InChI=1S/C22H39N5O2.HI/c1-7-27(8-2)17-9-15-24-20(23-6)25-16-14-18-10-12-19(13-11-18)26-21(28)29-22(3,4)5;/h10-13H,7-9,14-17H2,1-6H3,(H,26,28)(H2,23,24,25);1H. The first-order valence-corrected chi connectivity index (χ1v) is 10.5. The van der Waals surface area contributed by atoms with Crippen molar-refractivity contribution >= 4 is 41.7 Å². The van der Waals surface area contributed by atoms with Crippen LogP contribution in [0, 0.1) is 0 Å². The lowest BCUT2D eigenvalue weighted by molar-refractivity contribution is 0.0636. The van der Waals surface area contributed by atoms with Gasteiger partial charge >= 0.3 is 6.09 Å². The van der Waals surface area contributed by atoms with Crippen LogP contribution in [0.5, 0.6) is 0 Å². The Morgan fingerprint density at radius 1 is 1.07 bits per heavy atom. The maximum absolute atomic E-state index is 11.8. The van der Waals surface area contributed by atoms with Crippen molar-refractivity contribution in [3.8, 4) is 0 Å². The molecule has 1 rings (SSSR count). The second-order valence-electron chi connectivity index (χ2n) is 7.88. The lowest BCUT2D eigenvalue weighted by Gasteiger charge is -2.19. The third-order valence-electron chi connectivity index (χ3n) is 4.37. The molecule has 0 spiro atoms. The van der Waals surface area contributed by atoms with Gasteiger partial charge in [-0.25, -0.2) is 4.79 Å². The zero-order valence-electron chi connectivity index (χ0n) is 19.4. The molecular formula is C22H40IN5O2. The number of aliphatic imine (C=N–C) groups is 1. The normalized spacial score (nSPS) is 11.6. The van der Waals surface area contributed by atoms with Crippen LogP contribution < -0.4 is 16.0 Å². The minimum atomic E-state index is -0.506. The average molecular weight is 533 g/mol. The van der Waals surface area contributed by atoms with E-state index < -0.39 is 11.7 Å². The van der Waals surface area contributed by atoms with Crippen molar-refractivity contribution in [2.75, 3.05) is 45.1 Å². The van der Waals surface area contributed by atoms with Crippen LogP contribution in [-0.4, -0.2) is 62.3 Å². The van der Waals surface area contributed by atoms with Gasteiger partial charge in [0.25, 0.3) is 0 Å². The first-order chi connectivity index (χ1) is 13.8. The maximum atomic E-state index is 11.8. The van der Waals surface area contributed by atoms with Crippen LogP contribution in [0.25, 0.3) is 0 Å². The highest BCUT2D eigenvalue weighted by Crippen LogP contribution is 2.13. The second-order valence-corrected chi connectivity index (χ2v) is 7.88. The average Bonchev–Trinajstić information content (AvgIpc) is 2.66. The molecule has 0 atom stereocenters. The van der Waals surface area contributed by atoms with E-state index in [0.717, 1.165) is 57.2 Å². The SMILES string of the molecule is CCN(CC)CCCNC(=NC)NCCc1ccc(NC(=O)OC(C)(C)C)cc1.I. The third-order valence-corrected chi connectivity index (χ3v) is 4.37. The summed E-state index contributed by atoms with van der Waals surface area (Å²) in [4.78, 5) is 18.5. The van der Waals surface area contributed by atoms with Gasteiger partial charge in [0.05, 0.1) is 0 Å². The number of nitrogens with zero attached hydrogens (tertiary/aromatic N) is 2. The molecule has 7 nitrogen and oxygen atoms in total. The number of ether oxygens (including phenoxy) is 1. The Morgan fingerprint density at radius 2 is 1.67 bits per heavy atom. The number of amides is 1. The number of benzene rings is 1. The molecule has 0 fully saturated rings. The fourth-order valence-electron chi connectivity index (χ4n) is 2.77. The molecule has 3 N–H and O–H groups in total. The quantitative estimate of drug-likeness (QED) is 0.183. The highest BCUT2D eigenvalue weighted by molar-refractivity contribution is 14.0. The van der Waals surface area contributed by atoms with Crippen molar-refractivity contribution in [3.63, 3.8) is 0 Å². The van der Waals surface area contributed by atoms with Crippen LogP contribution in [0.15, 0.2) is 29.3 Å². The summed E-state index contributed by atoms with van der Waals surface area (Å²) in [5.41, 5.74) is 1.40. The fraction of sp³-hybridized carbons (Fsp3) is 0.636. The van der Waals surface area contributed by atoms with Crippen LogP contribution in [0.2, 0.25) is 0 Å². The van der Waals surface area contributed by atoms with Crippen molar-refractivity contribution in [1.82, 2.24) is 15.5 Å². The molecule has 0 bridgehead atoms. The Bertz CT molecular complexity index is 625. The summed E-state index contributed by atoms with van der Waals surface area (Å²) >= 11 is 0. The summed E-state index contributed by atoms with van der Waals surface area (Å²) in [6.07, 6.45) is 1.52. The lowest BCUT2D eigenvalue weighted by atomic mass is 10.1. The smallest absolute Gasteiger partial charge is 0.412 e.